The van der Waals surface area contributed by atoms with Crippen molar-refractivity contribution in [2.45, 2.75) is 31.2 Å². The van der Waals surface area contributed by atoms with Crippen molar-refractivity contribution in [2.24, 2.45) is 5.73 Å². The third-order valence-corrected chi connectivity index (χ3v) is 4.80. The second-order valence-electron chi connectivity index (χ2n) is 4.02. The zero-order chi connectivity index (χ0) is 13.4. The van der Waals surface area contributed by atoms with Crippen molar-refractivity contribution in [3.63, 3.8) is 0 Å². The number of thioether (sulfide) groups is 1. The van der Waals surface area contributed by atoms with Gasteiger partial charge in [-0.3, -0.25) is 4.79 Å². The largest absolute Gasteiger partial charge is 0.383 e. The average molecular weight is 282 g/mol. The van der Waals surface area contributed by atoms with E-state index in [2.05, 4.69) is 9.97 Å². The molecule has 0 saturated heterocycles. The topological polar surface area (TPSA) is 94.9 Å². The third kappa shape index (κ3) is 2.28. The molecule has 0 fully saturated rings. The Morgan fingerprint density at radius 2 is 2.06 bits per heavy atom. The van der Waals surface area contributed by atoms with Crippen molar-refractivity contribution in [1.82, 2.24) is 9.97 Å². The summed E-state index contributed by atoms with van der Waals surface area (Å²) in [6.07, 6.45) is 0. The van der Waals surface area contributed by atoms with Crippen LogP contribution in [0.3, 0.4) is 0 Å². The number of carbonyl (C=O) groups excluding carboxylic acids is 1. The highest BCUT2D eigenvalue weighted by atomic mass is 32.2. The standard InChI is InChI=1S/C11H14N4OS2/c1-4-5(2)17-10-7(4)8(12)14-11(15-10)18-6(3)9(13)16/h6H,1-3H3,(H2,13,16)(H2,12,14,15). The van der Waals surface area contributed by atoms with Gasteiger partial charge >= 0.3 is 0 Å². The zero-order valence-corrected chi connectivity index (χ0v) is 12.0. The molecule has 1 amide bonds. The van der Waals surface area contributed by atoms with Gasteiger partial charge in [0.15, 0.2) is 5.16 Å². The molecule has 0 aliphatic carbocycles. The van der Waals surface area contributed by atoms with Crippen molar-refractivity contribution in [2.75, 3.05) is 5.73 Å². The molecular weight excluding hydrogens is 268 g/mol. The van der Waals surface area contributed by atoms with E-state index in [-0.39, 0.29) is 11.2 Å². The number of hydrogen-bond acceptors (Lipinski definition) is 6. The highest BCUT2D eigenvalue weighted by Crippen LogP contribution is 2.33. The van der Waals surface area contributed by atoms with Crippen molar-refractivity contribution < 1.29 is 4.79 Å². The number of nitrogen functional groups attached to an aromatic ring is 1. The molecule has 0 bridgehead atoms. The number of anilines is 1. The van der Waals surface area contributed by atoms with E-state index in [0.717, 1.165) is 15.8 Å². The molecule has 2 aromatic rings. The summed E-state index contributed by atoms with van der Waals surface area (Å²) in [5.41, 5.74) is 12.3. The fourth-order valence-electron chi connectivity index (χ4n) is 1.53. The van der Waals surface area contributed by atoms with Gasteiger partial charge in [0.05, 0.1) is 10.6 Å². The van der Waals surface area contributed by atoms with Crippen LogP contribution in [0, 0.1) is 13.8 Å². The number of nitrogens with zero attached hydrogens (tertiary/aromatic N) is 2. The summed E-state index contributed by atoms with van der Waals surface area (Å²) in [5.74, 6) is 0.0711. The van der Waals surface area contributed by atoms with Crippen LogP contribution in [-0.2, 0) is 4.79 Å². The zero-order valence-electron chi connectivity index (χ0n) is 10.4. The van der Waals surface area contributed by atoms with E-state index >= 15 is 0 Å². The molecule has 1 unspecified atom stereocenters. The maximum Gasteiger partial charge on any atom is 0.230 e. The summed E-state index contributed by atoms with van der Waals surface area (Å²) in [6, 6.07) is 0. The van der Waals surface area contributed by atoms with Crippen LogP contribution in [-0.4, -0.2) is 21.1 Å². The van der Waals surface area contributed by atoms with Gasteiger partial charge in [0, 0.05) is 4.88 Å². The monoisotopic (exact) mass is 282 g/mol. The Morgan fingerprint density at radius 3 is 2.67 bits per heavy atom. The molecule has 0 aliphatic heterocycles. The van der Waals surface area contributed by atoms with Crippen molar-refractivity contribution >= 4 is 45.0 Å². The second kappa shape index (κ2) is 4.74. The first kappa shape index (κ1) is 13.1. The fourth-order valence-corrected chi connectivity index (χ4v) is 3.35. The normalized spacial score (nSPS) is 12.8. The number of thiophene rings is 1. The first-order valence-corrected chi connectivity index (χ1v) is 7.09. The lowest BCUT2D eigenvalue weighted by molar-refractivity contribution is -0.117. The van der Waals surface area contributed by atoms with Crippen LogP contribution in [0.5, 0.6) is 0 Å². The maximum absolute atomic E-state index is 11.0. The van der Waals surface area contributed by atoms with Gasteiger partial charge in [0.1, 0.15) is 10.6 Å². The Hall–Kier alpha value is -1.34. The summed E-state index contributed by atoms with van der Waals surface area (Å²) in [5, 5.41) is 1.03. The molecule has 2 aromatic heterocycles. The number of primary amides is 1. The highest BCUT2D eigenvalue weighted by Gasteiger charge is 2.16. The number of nitrogens with two attached hydrogens (primary N) is 2. The molecular formula is C11H14N4OS2. The van der Waals surface area contributed by atoms with Crippen LogP contribution in [0.2, 0.25) is 0 Å². The molecule has 1 atom stereocenters. The molecule has 96 valence electrons. The van der Waals surface area contributed by atoms with E-state index < -0.39 is 0 Å². The number of aromatic nitrogens is 2. The summed E-state index contributed by atoms with van der Waals surface area (Å²) >= 11 is 2.81. The first-order valence-electron chi connectivity index (χ1n) is 5.39. The summed E-state index contributed by atoms with van der Waals surface area (Å²) in [4.78, 5) is 21.7. The van der Waals surface area contributed by atoms with Crippen LogP contribution in [0.4, 0.5) is 5.82 Å². The Balaban J connectivity index is 2.46. The lowest BCUT2D eigenvalue weighted by atomic mass is 10.2. The number of amides is 1. The molecule has 0 radical (unpaired) electrons. The van der Waals surface area contributed by atoms with E-state index in [9.17, 15) is 4.79 Å². The van der Waals surface area contributed by atoms with Gasteiger partial charge in [-0.15, -0.1) is 11.3 Å². The maximum atomic E-state index is 11.0. The van der Waals surface area contributed by atoms with E-state index in [1.807, 2.05) is 13.8 Å². The number of aryl methyl sites for hydroxylation is 2. The van der Waals surface area contributed by atoms with Gasteiger partial charge in [-0.25, -0.2) is 9.97 Å². The van der Waals surface area contributed by atoms with Crippen molar-refractivity contribution in [1.29, 1.82) is 0 Å². The summed E-state index contributed by atoms with van der Waals surface area (Å²) in [7, 11) is 0. The van der Waals surface area contributed by atoms with Crippen LogP contribution < -0.4 is 11.5 Å². The Morgan fingerprint density at radius 1 is 1.39 bits per heavy atom. The van der Waals surface area contributed by atoms with Crippen molar-refractivity contribution in [3.05, 3.63) is 10.4 Å². The second-order valence-corrected chi connectivity index (χ2v) is 6.53. The molecule has 2 heterocycles. The van der Waals surface area contributed by atoms with Crippen molar-refractivity contribution in [3.8, 4) is 0 Å². The number of fused-ring (bicyclic) bond motifs is 1. The molecule has 0 aliphatic rings. The molecule has 4 N–H and O–H groups in total. The van der Waals surface area contributed by atoms with Gasteiger partial charge in [-0.05, 0) is 26.3 Å². The smallest absolute Gasteiger partial charge is 0.230 e. The minimum Gasteiger partial charge on any atom is -0.383 e. The minimum absolute atomic E-state index is 0.371. The quantitative estimate of drug-likeness (QED) is 0.662. The van der Waals surface area contributed by atoms with E-state index in [1.54, 1.807) is 18.3 Å². The molecule has 2 rings (SSSR count). The van der Waals surface area contributed by atoms with Crippen LogP contribution in [0.1, 0.15) is 17.4 Å². The van der Waals surface area contributed by atoms with E-state index in [1.165, 1.54) is 16.6 Å². The minimum atomic E-state index is -0.388. The van der Waals surface area contributed by atoms with Crippen LogP contribution in [0.25, 0.3) is 10.2 Å². The van der Waals surface area contributed by atoms with Gasteiger partial charge in [0.25, 0.3) is 0 Å². The number of hydrogen-bond donors (Lipinski definition) is 2. The summed E-state index contributed by atoms with van der Waals surface area (Å²) in [6.45, 7) is 5.76. The van der Waals surface area contributed by atoms with Crippen LogP contribution in [0.15, 0.2) is 5.16 Å². The lowest BCUT2D eigenvalue weighted by Gasteiger charge is -2.06. The van der Waals surface area contributed by atoms with E-state index in [0.29, 0.717) is 11.0 Å². The van der Waals surface area contributed by atoms with Gasteiger partial charge in [-0.1, -0.05) is 11.8 Å². The van der Waals surface area contributed by atoms with Gasteiger partial charge in [0.2, 0.25) is 5.91 Å². The molecule has 0 aromatic carbocycles. The first-order chi connectivity index (χ1) is 8.40. The Bertz CT molecular complexity index is 623. The summed E-state index contributed by atoms with van der Waals surface area (Å²) < 4.78 is 0. The SMILES string of the molecule is Cc1sc2nc(SC(C)C(N)=O)nc(N)c2c1C. The molecule has 18 heavy (non-hydrogen) atoms. The molecule has 0 saturated carbocycles. The highest BCUT2D eigenvalue weighted by molar-refractivity contribution is 8.00. The van der Waals surface area contributed by atoms with Gasteiger partial charge < -0.3 is 11.5 Å². The molecule has 7 heteroatoms. The van der Waals surface area contributed by atoms with Gasteiger partial charge in [-0.2, -0.15) is 0 Å². The lowest BCUT2D eigenvalue weighted by Crippen LogP contribution is -2.22. The Kier molecular flexibility index (Phi) is 3.45. The Labute approximate surface area is 113 Å². The molecule has 5 nitrogen and oxygen atoms in total. The fraction of sp³-hybridized carbons (Fsp3) is 0.364. The number of carbonyl (C=O) groups is 1. The number of rotatable bonds is 3. The third-order valence-electron chi connectivity index (χ3n) is 2.72. The predicted molar refractivity (Wildman–Crippen MR) is 75.8 cm³/mol. The average Bonchev–Trinajstić information content (AvgIpc) is 2.54. The molecule has 0 spiro atoms. The predicted octanol–water partition coefficient (Wildman–Crippen LogP) is 1.86. The van der Waals surface area contributed by atoms with Crippen LogP contribution >= 0.6 is 23.1 Å². The van der Waals surface area contributed by atoms with E-state index in [4.69, 9.17) is 11.5 Å².